The van der Waals surface area contributed by atoms with Crippen LogP contribution in [0.15, 0.2) is 24.3 Å². The zero-order valence-corrected chi connectivity index (χ0v) is 10.3. The van der Waals surface area contributed by atoms with Crippen LogP contribution in [-0.4, -0.2) is 16.9 Å². The fourth-order valence-electron chi connectivity index (χ4n) is 1.62. The van der Waals surface area contributed by atoms with E-state index in [0.29, 0.717) is 30.0 Å². The Bertz CT molecular complexity index is 415. The first-order valence-electron chi connectivity index (χ1n) is 5.77. The number of aliphatic hydroxyl groups is 1. The SMILES string of the molecule is CC(C)C[C@H](O)C(=N)Cc1ccc(C#N)cc1. The van der Waals surface area contributed by atoms with Gasteiger partial charge in [-0.25, -0.2) is 0 Å². The van der Waals surface area contributed by atoms with Crippen LogP contribution in [-0.2, 0) is 6.42 Å². The van der Waals surface area contributed by atoms with Crippen LogP contribution in [0.5, 0.6) is 0 Å². The third kappa shape index (κ3) is 4.38. The Kier molecular flexibility index (Phi) is 4.86. The fourth-order valence-corrected chi connectivity index (χ4v) is 1.62. The first-order chi connectivity index (χ1) is 8.02. The van der Waals surface area contributed by atoms with Gasteiger partial charge in [-0.3, -0.25) is 0 Å². The topological polar surface area (TPSA) is 67.9 Å². The second kappa shape index (κ2) is 6.17. The van der Waals surface area contributed by atoms with Crippen LogP contribution in [0.3, 0.4) is 0 Å². The number of hydrogen-bond acceptors (Lipinski definition) is 3. The molecular formula is C14H18N2O. The van der Waals surface area contributed by atoms with E-state index in [-0.39, 0.29) is 0 Å². The lowest BCUT2D eigenvalue weighted by atomic mass is 9.97. The maximum absolute atomic E-state index is 9.77. The standard InChI is InChI=1S/C14H18N2O/c1-10(2)7-14(17)13(16)8-11-3-5-12(9-15)6-4-11/h3-6,10,14,16-17H,7-8H2,1-2H3/t14-/m0/s1. The number of hydrogen-bond donors (Lipinski definition) is 2. The average Bonchev–Trinajstić information content (AvgIpc) is 2.29. The van der Waals surface area contributed by atoms with Gasteiger partial charge in [0.2, 0.25) is 0 Å². The summed E-state index contributed by atoms with van der Waals surface area (Å²) in [6.45, 7) is 4.05. The molecule has 0 heterocycles. The molecule has 0 spiro atoms. The Labute approximate surface area is 102 Å². The van der Waals surface area contributed by atoms with Gasteiger partial charge in [0.15, 0.2) is 0 Å². The second-order valence-electron chi connectivity index (χ2n) is 4.66. The number of rotatable bonds is 5. The molecule has 0 aliphatic carbocycles. The molecule has 3 heteroatoms. The van der Waals surface area contributed by atoms with Crippen LogP contribution in [0.2, 0.25) is 0 Å². The average molecular weight is 230 g/mol. The van der Waals surface area contributed by atoms with Crippen molar-refractivity contribution >= 4 is 5.71 Å². The Morgan fingerprint density at radius 2 is 1.94 bits per heavy atom. The summed E-state index contributed by atoms with van der Waals surface area (Å²) in [5.41, 5.74) is 1.91. The molecule has 0 aromatic heterocycles. The summed E-state index contributed by atoms with van der Waals surface area (Å²) >= 11 is 0. The van der Waals surface area contributed by atoms with Gasteiger partial charge in [-0.15, -0.1) is 0 Å². The van der Waals surface area contributed by atoms with E-state index in [9.17, 15) is 5.11 Å². The molecule has 0 radical (unpaired) electrons. The highest BCUT2D eigenvalue weighted by Crippen LogP contribution is 2.10. The smallest absolute Gasteiger partial charge is 0.0991 e. The van der Waals surface area contributed by atoms with Crippen LogP contribution in [0, 0.1) is 22.7 Å². The Balaban J connectivity index is 2.59. The van der Waals surface area contributed by atoms with Gasteiger partial charge in [0, 0.05) is 12.1 Å². The van der Waals surface area contributed by atoms with Gasteiger partial charge in [0.1, 0.15) is 0 Å². The third-order valence-corrected chi connectivity index (χ3v) is 2.57. The summed E-state index contributed by atoms with van der Waals surface area (Å²) in [6, 6.07) is 9.18. The van der Waals surface area contributed by atoms with Crippen molar-refractivity contribution in [1.82, 2.24) is 0 Å². The van der Waals surface area contributed by atoms with Crippen LogP contribution >= 0.6 is 0 Å². The Hall–Kier alpha value is -1.66. The summed E-state index contributed by atoms with van der Waals surface area (Å²) in [5.74, 6) is 0.381. The molecule has 0 amide bonds. The molecule has 0 fully saturated rings. The number of aliphatic hydroxyl groups excluding tert-OH is 1. The first-order valence-corrected chi connectivity index (χ1v) is 5.77. The van der Waals surface area contributed by atoms with Crippen LogP contribution in [0.4, 0.5) is 0 Å². The lowest BCUT2D eigenvalue weighted by Gasteiger charge is -2.14. The molecule has 0 saturated carbocycles. The van der Waals surface area contributed by atoms with E-state index in [1.807, 2.05) is 26.0 Å². The highest BCUT2D eigenvalue weighted by Gasteiger charge is 2.13. The molecular weight excluding hydrogens is 212 g/mol. The van der Waals surface area contributed by atoms with Crippen molar-refractivity contribution in [2.24, 2.45) is 5.92 Å². The van der Waals surface area contributed by atoms with Gasteiger partial charge in [-0.1, -0.05) is 26.0 Å². The molecule has 90 valence electrons. The highest BCUT2D eigenvalue weighted by atomic mass is 16.3. The van der Waals surface area contributed by atoms with Crippen molar-refractivity contribution in [2.75, 3.05) is 0 Å². The van der Waals surface area contributed by atoms with Gasteiger partial charge in [-0.05, 0) is 30.0 Å². The minimum absolute atomic E-state index is 0.336. The van der Waals surface area contributed by atoms with Gasteiger partial charge < -0.3 is 10.5 Å². The quantitative estimate of drug-likeness (QED) is 0.763. The van der Waals surface area contributed by atoms with E-state index in [2.05, 4.69) is 6.07 Å². The zero-order chi connectivity index (χ0) is 12.8. The summed E-state index contributed by atoms with van der Waals surface area (Å²) in [7, 11) is 0. The van der Waals surface area contributed by atoms with E-state index in [4.69, 9.17) is 10.7 Å². The molecule has 0 saturated heterocycles. The zero-order valence-electron chi connectivity index (χ0n) is 10.3. The van der Waals surface area contributed by atoms with Crippen molar-refractivity contribution in [2.45, 2.75) is 32.8 Å². The normalized spacial score (nSPS) is 12.2. The lowest BCUT2D eigenvalue weighted by Crippen LogP contribution is -2.23. The van der Waals surface area contributed by atoms with E-state index in [1.165, 1.54) is 0 Å². The van der Waals surface area contributed by atoms with Gasteiger partial charge in [0.25, 0.3) is 0 Å². The molecule has 3 nitrogen and oxygen atoms in total. The molecule has 0 bridgehead atoms. The summed E-state index contributed by atoms with van der Waals surface area (Å²) in [6.07, 6.45) is 0.403. The number of nitrogens with one attached hydrogen (secondary N) is 1. The maximum atomic E-state index is 9.77. The van der Waals surface area contributed by atoms with E-state index >= 15 is 0 Å². The van der Waals surface area contributed by atoms with Crippen molar-refractivity contribution in [3.8, 4) is 6.07 Å². The van der Waals surface area contributed by atoms with Crippen molar-refractivity contribution in [3.63, 3.8) is 0 Å². The maximum Gasteiger partial charge on any atom is 0.0991 e. The monoisotopic (exact) mass is 230 g/mol. The Morgan fingerprint density at radius 1 is 1.35 bits per heavy atom. The second-order valence-corrected chi connectivity index (χ2v) is 4.66. The van der Waals surface area contributed by atoms with Crippen LogP contribution < -0.4 is 0 Å². The number of nitrogens with zero attached hydrogens (tertiary/aromatic N) is 1. The molecule has 1 aromatic rings. The first kappa shape index (κ1) is 13.4. The molecule has 1 rings (SSSR count). The van der Waals surface area contributed by atoms with Gasteiger partial charge in [0.05, 0.1) is 17.7 Å². The molecule has 0 aliphatic rings. The third-order valence-electron chi connectivity index (χ3n) is 2.57. The van der Waals surface area contributed by atoms with Crippen LogP contribution in [0.1, 0.15) is 31.4 Å². The molecule has 1 aromatic carbocycles. The van der Waals surface area contributed by atoms with E-state index in [1.54, 1.807) is 12.1 Å². The number of nitriles is 1. The molecule has 1 atom stereocenters. The van der Waals surface area contributed by atoms with Crippen LogP contribution in [0.25, 0.3) is 0 Å². The summed E-state index contributed by atoms with van der Waals surface area (Å²) in [5, 5.41) is 26.2. The summed E-state index contributed by atoms with van der Waals surface area (Å²) < 4.78 is 0. The lowest BCUT2D eigenvalue weighted by molar-refractivity contribution is 0.210. The predicted octanol–water partition coefficient (Wildman–Crippen LogP) is 2.53. The molecule has 2 N–H and O–H groups in total. The van der Waals surface area contributed by atoms with Crippen molar-refractivity contribution in [1.29, 1.82) is 10.7 Å². The van der Waals surface area contributed by atoms with Gasteiger partial charge >= 0.3 is 0 Å². The van der Waals surface area contributed by atoms with Crippen molar-refractivity contribution < 1.29 is 5.11 Å². The van der Waals surface area contributed by atoms with Crippen molar-refractivity contribution in [3.05, 3.63) is 35.4 Å². The minimum atomic E-state index is -0.661. The Morgan fingerprint density at radius 3 is 2.41 bits per heavy atom. The van der Waals surface area contributed by atoms with E-state index < -0.39 is 6.10 Å². The fraction of sp³-hybridized carbons (Fsp3) is 0.429. The highest BCUT2D eigenvalue weighted by molar-refractivity contribution is 5.87. The van der Waals surface area contributed by atoms with E-state index in [0.717, 1.165) is 5.56 Å². The molecule has 0 aliphatic heterocycles. The molecule has 17 heavy (non-hydrogen) atoms. The molecule has 0 unspecified atom stereocenters. The van der Waals surface area contributed by atoms with Gasteiger partial charge in [-0.2, -0.15) is 5.26 Å². The summed E-state index contributed by atoms with van der Waals surface area (Å²) in [4.78, 5) is 0. The minimum Gasteiger partial charge on any atom is -0.387 e. The largest absolute Gasteiger partial charge is 0.387 e. The predicted molar refractivity (Wildman–Crippen MR) is 68.0 cm³/mol. The number of benzene rings is 1.